The number of hydrogen-bond donors (Lipinski definition) is 1. The summed E-state index contributed by atoms with van der Waals surface area (Å²) in [4.78, 5) is 14.8. The maximum atomic E-state index is 12.8. The Balaban J connectivity index is 1.47. The Morgan fingerprint density at radius 3 is 2.27 bits per heavy atom. The first-order chi connectivity index (χ1) is 12.6. The lowest BCUT2D eigenvalue weighted by molar-refractivity contribution is -0.137. The van der Waals surface area contributed by atoms with Gasteiger partial charge in [-0.1, -0.05) is 55.5 Å². The topological polar surface area (TPSA) is 55.6 Å². The van der Waals surface area contributed by atoms with E-state index in [1.165, 1.54) is 0 Å². The highest BCUT2D eigenvalue weighted by Gasteiger charge is 2.29. The van der Waals surface area contributed by atoms with Crippen LogP contribution >= 0.6 is 0 Å². The number of nitrogens with zero attached hydrogens (tertiary/aromatic N) is 1. The van der Waals surface area contributed by atoms with Crippen molar-refractivity contribution in [2.75, 3.05) is 19.7 Å². The van der Waals surface area contributed by atoms with Crippen LogP contribution in [0.2, 0.25) is 0 Å². The van der Waals surface area contributed by atoms with Crippen molar-refractivity contribution < 1.29 is 9.53 Å². The molecule has 4 nitrogen and oxygen atoms in total. The molecule has 0 bridgehead atoms. The summed E-state index contributed by atoms with van der Waals surface area (Å²) in [7, 11) is 0. The lowest BCUT2D eigenvalue weighted by Gasteiger charge is -2.34. The maximum absolute atomic E-state index is 12.8. The third kappa shape index (κ3) is 4.64. The molecule has 2 unspecified atom stereocenters. The number of carbonyl (C=O) groups is 1. The average Bonchev–Trinajstić information content (AvgIpc) is 2.72. The smallest absolute Gasteiger partial charge is 0.227 e. The zero-order valence-corrected chi connectivity index (χ0v) is 15.4. The molecule has 0 spiro atoms. The van der Waals surface area contributed by atoms with Gasteiger partial charge in [0.05, 0.1) is 12.5 Å². The summed E-state index contributed by atoms with van der Waals surface area (Å²) in [6.07, 6.45) is 1.96. The lowest BCUT2D eigenvalue weighted by Crippen LogP contribution is -2.44. The highest BCUT2D eigenvalue weighted by molar-refractivity contribution is 5.79. The molecule has 138 valence electrons. The van der Waals surface area contributed by atoms with E-state index in [0.717, 1.165) is 37.2 Å². The largest absolute Gasteiger partial charge is 0.493 e. The number of hydrogen-bond acceptors (Lipinski definition) is 3. The Hall–Kier alpha value is -2.33. The zero-order valence-electron chi connectivity index (χ0n) is 15.4. The molecule has 1 heterocycles. The quantitative estimate of drug-likeness (QED) is 0.863. The first-order valence-corrected chi connectivity index (χ1v) is 9.42. The van der Waals surface area contributed by atoms with Crippen LogP contribution in [0.15, 0.2) is 60.7 Å². The van der Waals surface area contributed by atoms with Crippen LogP contribution in [0.25, 0.3) is 0 Å². The lowest BCUT2D eigenvalue weighted by atomic mass is 9.92. The molecule has 4 heteroatoms. The first-order valence-electron chi connectivity index (χ1n) is 9.42. The van der Waals surface area contributed by atoms with Gasteiger partial charge in [0.15, 0.2) is 0 Å². The van der Waals surface area contributed by atoms with Crippen molar-refractivity contribution in [2.24, 2.45) is 17.6 Å². The highest BCUT2D eigenvalue weighted by atomic mass is 16.5. The second kappa shape index (κ2) is 8.86. The second-order valence-corrected chi connectivity index (χ2v) is 7.12. The van der Waals surface area contributed by atoms with E-state index in [-0.39, 0.29) is 17.9 Å². The molecule has 26 heavy (non-hydrogen) atoms. The SMILES string of the molecule is CC(C(=O)N1CCC(COc2ccccc2)CC1)C(N)c1ccccc1. The third-order valence-corrected chi connectivity index (χ3v) is 5.27. The Morgan fingerprint density at radius 1 is 1.08 bits per heavy atom. The molecule has 1 aliphatic rings. The summed E-state index contributed by atoms with van der Waals surface area (Å²) in [5, 5.41) is 0. The predicted molar refractivity (Wildman–Crippen MR) is 104 cm³/mol. The predicted octanol–water partition coefficient (Wildman–Crippen LogP) is 3.64. The molecule has 0 saturated carbocycles. The number of para-hydroxylation sites is 1. The van der Waals surface area contributed by atoms with Gasteiger partial charge in [-0.15, -0.1) is 0 Å². The van der Waals surface area contributed by atoms with Crippen molar-refractivity contribution in [3.8, 4) is 5.75 Å². The van der Waals surface area contributed by atoms with Gasteiger partial charge < -0.3 is 15.4 Å². The number of carbonyl (C=O) groups excluding carboxylic acids is 1. The van der Waals surface area contributed by atoms with Gasteiger partial charge in [-0.2, -0.15) is 0 Å². The molecule has 1 aliphatic heterocycles. The summed E-state index contributed by atoms with van der Waals surface area (Å²) in [6, 6.07) is 19.5. The molecule has 2 aromatic rings. The van der Waals surface area contributed by atoms with Crippen LogP contribution in [0.4, 0.5) is 0 Å². The highest BCUT2D eigenvalue weighted by Crippen LogP contribution is 2.25. The normalized spacial score (nSPS) is 17.5. The van der Waals surface area contributed by atoms with Crippen molar-refractivity contribution in [3.63, 3.8) is 0 Å². The third-order valence-electron chi connectivity index (χ3n) is 5.27. The fourth-order valence-electron chi connectivity index (χ4n) is 3.46. The molecular weight excluding hydrogens is 324 g/mol. The number of benzene rings is 2. The molecule has 0 aliphatic carbocycles. The van der Waals surface area contributed by atoms with Crippen LogP contribution in [-0.4, -0.2) is 30.5 Å². The van der Waals surface area contributed by atoms with Gasteiger partial charge >= 0.3 is 0 Å². The van der Waals surface area contributed by atoms with Crippen LogP contribution < -0.4 is 10.5 Å². The fourth-order valence-corrected chi connectivity index (χ4v) is 3.46. The summed E-state index contributed by atoms with van der Waals surface area (Å²) >= 11 is 0. The first kappa shape index (κ1) is 18.5. The second-order valence-electron chi connectivity index (χ2n) is 7.12. The molecule has 2 aromatic carbocycles. The van der Waals surface area contributed by atoms with Crippen LogP contribution in [0, 0.1) is 11.8 Å². The summed E-state index contributed by atoms with van der Waals surface area (Å²) < 4.78 is 5.86. The average molecular weight is 352 g/mol. The zero-order chi connectivity index (χ0) is 18.4. The monoisotopic (exact) mass is 352 g/mol. The maximum Gasteiger partial charge on any atom is 0.227 e. The molecule has 3 rings (SSSR count). The van der Waals surface area contributed by atoms with Crippen molar-refractivity contribution in [3.05, 3.63) is 66.2 Å². The van der Waals surface area contributed by atoms with Crippen molar-refractivity contribution in [1.82, 2.24) is 4.90 Å². The number of nitrogens with two attached hydrogens (primary N) is 1. The molecular formula is C22H28N2O2. The summed E-state index contributed by atoms with van der Waals surface area (Å²) in [5.74, 6) is 1.35. The van der Waals surface area contributed by atoms with E-state index in [9.17, 15) is 4.79 Å². The number of likely N-dealkylation sites (tertiary alicyclic amines) is 1. The Labute approximate surface area is 156 Å². The minimum Gasteiger partial charge on any atom is -0.493 e. The van der Waals surface area contributed by atoms with Crippen LogP contribution in [0.5, 0.6) is 5.75 Å². The number of amides is 1. The van der Waals surface area contributed by atoms with E-state index in [1.807, 2.05) is 72.5 Å². The van der Waals surface area contributed by atoms with Gasteiger partial charge in [0, 0.05) is 19.1 Å². The Morgan fingerprint density at radius 2 is 1.65 bits per heavy atom. The van der Waals surface area contributed by atoms with E-state index in [2.05, 4.69) is 0 Å². The van der Waals surface area contributed by atoms with Crippen LogP contribution in [0.3, 0.4) is 0 Å². The van der Waals surface area contributed by atoms with Crippen LogP contribution in [0.1, 0.15) is 31.4 Å². The fraction of sp³-hybridized carbons (Fsp3) is 0.409. The van der Waals surface area contributed by atoms with Gasteiger partial charge in [0.2, 0.25) is 5.91 Å². The van der Waals surface area contributed by atoms with Gasteiger partial charge in [0.25, 0.3) is 0 Å². The van der Waals surface area contributed by atoms with Gasteiger partial charge in [0.1, 0.15) is 5.75 Å². The number of ether oxygens (including phenoxy) is 1. The number of rotatable bonds is 6. The van der Waals surface area contributed by atoms with E-state index in [1.54, 1.807) is 0 Å². The molecule has 2 N–H and O–H groups in total. The number of piperidine rings is 1. The molecule has 1 amide bonds. The van der Waals surface area contributed by atoms with E-state index in [4.69, 9.17) is 10.5 Å². The Bertz CT molecular complexity index is 682. The summed E-state index contributed by atoms with van der Waals surface area (Å²) in [5.41, 5.74) is 7.33. The van der Waals surface area contributed by atoms with Crippen molar-refractivity contribution in [1.29, 1.82) is 0 Å². The van der Waals surface area contributed by atoms with Crippen molar-refractivity contribution in [2.45, 2.75) is 25.8 Å². The van der Waals surface area contributed by atoms with E-state index in [0.29, 0.717) is 12.5 Å². The molecule has 2 atom stereocenters. The van der Waals surface area contributed by atoms with Crippen molar-refractivity contribution >= 4 is 5.91 Å². The molecule has 1 saturated heterocycles. The van der Waals surface area contributed by atoms with Crippen LogP contribution in [-0.2, 0) is 4.79 Å². The van der Waals surface area contributed by atoms with Gasteiger partial charge in [-0.25, -0.2) is 0 Å². The molecule has 1 fully saturated rings. The molecule has 0 radical (unpaired) electrons. The van der Waals surface area contributed by atoms with E-state index < -0.39 is 0 Å². The minimum absolute atomic E-state index is 0.156. The molecule has 0 aromatic heterocycles. The van der Waals surface area contributed by atoms with E-state index >= 15 is 0 Å². The van der Waals surface area contributed by atoms with Gasteiger partial charge in [-0.05, 0) is 36.5 Å². The minimum atomic E-state index is -0.261. The standard InChI is InChI=1S/C22H28N2O2/c1-17(21(23)19-8-4-2-5-9-19)22(25)24-14-12-18(13-15-24)16-26-20-10-6-3-7-11-20/h2-11,17-18,21H,12-16,23H2,1H3. The van der Waals surface area contributed by atoms with Gasteiger partial charge in [-0.3, -0.25) is 4.79 Å². The Kier molecular flexibility index (Phi) is 6.29. The summed E-state index contributed by atoms with van der Waals surface area (Å²) in [6.45, 7) is 4.22.